The zero-order chi connectivity index (χ0) is 11.5. The van der Waals surface area contributed by atoms with Crippen molar-refractivity contribution in [1.82, 2.24) is 9.80 Å². The van der Waals surface area contributed by atoms with E-state index in [9.17, 15) is 0 Å². The highest BCUT2D eigenvalue weighted by molar-refractivity contribution is 4.85. The Morgan fingerprint density at radius 1 is 1.06 bits per heavy atom. The van der Waals surface area contributed by atoms with Gasteiger partial charge >= 0.3 is 0 Å². The second-order valence-electron chi connectivity index (χ2n) is 5.79. The number of nitrogens with zero attached hydrogens (tertiary/aromatic N) is 2. The summed E-state index contributed by atoms with van der Waals surface area (Å²) in [6, 6.07) is 2.04. The molecule has 3 nitrogen and oxygen atoms in total. The molecule has 2 aliphatic rings. The quantitative estimate of drug-likeness (QED) is 0.768. The molecule has 2 fully saturated rings. The minimum atomic E-state index is 0.471. The van der Waals surface area contributed by atoms with E-state index in [1.165, 1.54) is 51.6 Å². The fourth-order valence-corrected chi connectivity index (χ4v) is 3.28. The fourth-order valence-electron chi connectivity index (χ4n) is 3.28. The minimum absolute atomic E-state index is 0.471. The number of hydrogen-bond acceptors (Lipinski definition) is 3. The van der Waals surface area contributed by atoms with Crippen LogP contribution in [0.2, 0.25) is 0 Å². The van der Waals surface area contributed by atoms with Gasteiger partial charge in [-0.3, -0.25) is 4.90 Å². The average molecular weight is 225 g/mol. The number of likely N-dealkylation sites (tertiary alicyclic amines) is 1. The first-order chi connectivity index (χ1) is 7.66. The van der Waals surface area contributed by atoms with Gasteiger partial charge in [0.1, 0.15) is 0 Å². The third kappa shape index (κ3) is 2.96. The highest BCUT2D eigenvalue weighted by Gasteiger charge is 2.28. The molecular formula is C13H27N3. The molecule has 1 aliphatic carbocycles. The van der Waals surface area contributed by atoms with Gasteiger partial charge in [0.05, 0.1) is 0 Å². The van der Waals surface area contributed by atoms with Crippen molar-refractivity contribution in [1.29, 1.82) is 0 Å². The molecule has 0 aromatic carbocycles. The molecule has 3 heteroatoms. The van der Waals surface area contributed by atoms with Crippen LogP contribution in [0.15, 0.2) is 0 Å². The lowest BCUT2D eigenvalue weighted by atomic mass is 9.89. The Hall–Kier alpha value is -0.120. The molecule has 0 aromatic rings. The lowest BCUT2D eigenvalue weighted by Gasteiger charge is -2.42. The third-order valence-electron chi connectivity index (χ3n) is 4.49. The first-order valence-electron chi connectivity index (χ1n) is 6.83. The van der Waals surface area contributed by atoms with Crippen LogP contribution in [-0.4, -0.2) is 55.1 Å². The molecule has 1 unspecified atom stereocenters. The normalized spacial score (nSPS) is 37.9. The largest absolute Gasteiger partial charge is 0.328 e. The zero-order valence-electron chi connectivity index (χ0n) is 10.9. The zero-order valence-corrected chi connectivity index (χ0v) is 10.9. The van der Waals surface area contributed by atoms with Gasteiger partial charge < -0.3 is 10.6 Å². The molecule has 2 rings (SSSR count). The Morgan fingerprint density at radius 3 is 2.38 bits per heavy atom. The number of piperidine rings is 1. The van der Waals surface area contributed by atoms with E-state index in [-0.39, 0.29) is 0 Å². The van der Waals surface area contributed by atoms with Crippen LogP contribution in [0.4, 0.5) is 0 Å². The van der Waals surface area contributed by atoms with E-state index < -0.39 is 0 Å². The van der Waals surface area contributed by atoms with E-state index in [0.717, 1.165) is 12.1 Å². The summed E-state index contributed by atoms with van der Waals surface area (Å²) in [6.07, 6.45) is 7.78. The minimum Gasteiger partial charge on any atom is -0.328 e. The van der Waals surface area contributed by atoms with E-state index in [4.69, 9.17) is 5.73 Å². The van der Waals surface area contributed by atoms with Crippen LogP contribution >= 0.6 is 0 Å². The maximum atomic E-state index is 5.97. The smallest absolute Gasteiger partial charge is 0.0223 e. The maximum Gasteiger partial charge on any atom is 0.0223 e. The summed E-state index contributed by atoms with van der Waals surface area (Å²) in [4.78, 5) is 5.11. The fraction of sp³-hybridized carbons (Fsp3) is 1.00. The van der Waals surface area contributed by atoms with Gasteiger partial charge in [0, 0.05) is 24.7 Å². The first kappa shape index (κ1) is 12.3. The van der Waals surface area contributed by atoms with Gasteiger partial charge in [-0.2, -0.15) is 0 Å². The van der Waals surface area contributed by atoms with Crippen molar-refractivity contribution in [3.8, 4) is 0 Å². The number of hydrogen-bond donors (Lipinski definition) is 1. The van der Waals surface area contributed by atoms with E-state index in [1.807, 2.05) is 0 Å². The summed E-state index contributed by atoms with van der Waals surface area (Å²) in [7, 11) is 4.57. The van der Waals surface area contributed by atoms with Crippen molar-refractivity contribution in [2.24, 2.45) is 5.73 Å². The van der Waals surface area contributed by atoms with Crippen LogP contribution in [0.3, 0.4) is 0 Å². The van der Waals surface area contributed by atoms with E-state index in [0.29, 0.717) is 6.04 Å². The molecule has 16 heavy (non-hydrogen) atoms. The van der Waals surface area contributed by atoms with Crippen molar-refractivity contribution in [3.63, 3.8) is 0 Å². The molecule has 94 valence electrons. The maximum absolute atomic E-state index is 5.97. The SMILES string of the molecule is CN1CCCC(N(C)C2CCC(N)CC2)C1. The monoisotopic (exact) mass is 225 g/mol. The molecule has 0 radical (unpaired) electrons. The van der Waals surface area contributed by atoms with Crippen LogP contribution in [-0.2, 0) is 0 Å². The standard InChI is InChI=1S/C13H27N3/c1-15-9-3-4-13(10-15)16(2)12-7-5-11(14)6-8-12/h11-13H,3-10,14H2,1-2H3. The molecule has 2 N–H and O–H groups in total. The highest BCUT2D eigenvalue weighted by atomic mass is 15.2. The van der Waals surface area contributed by atoms with Gasteiger partial charge in [0.2, 0.25) is 0 Å². The van der Waals surface area contributed by atoms with Gasteiger partial charge in [0.25, 0.3) is 0 Å². The Labute approximate surface area is 100.0 Å². The van der Waals surface area contributed by atoms with Crippen LogP contribution in [0, 0.1) is 0 Å². The highest BCUT2D eigenvalue weighted by Crippen LogP contribution is 2.25. The Bertz CT molecular complexity index is 211. The van der Waals surface area contributed by atoms with E-state index >= 15 is 0 Å². The van der Waals surface area contributed by atoms with E-state index in [1.54, 1.807) is 0 Å². The van der Waals surface area contributed by atoms with Gasteiger partial charge in [-0.1, -0.05) is 0 Å². The van der Waals surface area contributed by atoms with Crippen molar-refractivity contribution in [2.75, 3.05) is 27.2 Å². The summed E-state index contributed by atoms with van der Waals surface area (Å²) < 4.78 is 0. The third-order valence-corrected chi connectivity index (χ3v) is 4.49. The summed E-state index contributed by atoms with van der Waals surface area (Å²) in [5, 5.41) is 0. The van der Waals surface area contributed by atoms with Gasteiger partial charge in [-0.05, 0) is 59.2 Å². The Kier molecular flexibility index (Phi) is 4.22. The van der Waals surface area contributed by atoms with Crippen molar-refractivity contribution in [2.45, 2.75) is 56.7 Å². The van der Waals surface area contributed by atoms with Crippen molar-refractivity contribution >= 4 is 0 Å². The molecule has 1 atom stereocenters. The number of likely N-dealkylation sites (N-methyl/N-ethyl adjacent to an activating group) is 2. The molecular weight excluding hydrogens is 198 g/mol. The molecule has 0 spiro atoms. The molecule has 1 aliphatic heterocycles. The second-order valence-corrected chi connectivity index (χ2v) is 5.79. The summed E-state index contributed by atoms with van der Waals surface area (Å²) in [5.41, 5.74) is 5.97. The first-order valence-corrected chi connectivity index (χ1v) is 6.83. The summed E-state index contributed by atoms with van der Waals surface area (Å²) >= 11 is 0. The second kappa shape index (κ2) is 5.48. The average Bonchev–Trinajstić information content (AvgIpc) is 2.29. The molecule has 1 saturated carbocycles. The molecule has 1 saturated heterocycles. The van der Waals surface area contributed by atoms with Crippen molar-refractivity contribution in [3.05, 3.63) is 0 Å². The topological polar surface area (TPSA) is 32.5 Å². The van der Waals surface area contributed by atoms with Crippen LogP contribution in [0.5, 0.6) is 0 Å². The van der Waals surface area contributed by atoms with Gasteiger partial charge in [-0.15, -0.1) is 0 Å². The molecule has 0 aromatic heterocycles. The lowest BCUT2D eigenvalue weighted by molar-refractivity contribution is 0.0788. The number of rotatable bonds is 2. The summed E-state index contributed by atoms with van der Waals surface area (Å²) in [5.74, 6) is 0. The van der Waals surface area contributed by atoms with Crippen molar-refractivity contribution < 1.29 is 0 Å². The Morgan fingerprint density at radius 2 is 1.75 bits per heavy atom. The van der Waals surface area contributed by atoms with Gasteiger partial charge in [0.15, 0.2) is 0 Å². The van der Waals surface area contributed by atoms with E-state index in [2.05, 4.69) is 23.9 Å². The van der Waals surface area contributed by atoms with Crippen LogP contribution in [0.25, 0.3) is 0 Å². The molecule has 0 amide bonds. The lowest BCUT2D eigenvalue weighted by Crippen LogP contribution is -2.50. The number of nitrogens with two attached hydrogens (primary N) is 1. The predicted octanol–water partition coefficient (Wildman–Crippen LogP) is 1.28. The predicted molar refractivity (Wildman–Crippen MR) is 68.5 cm³/mol. The van der Waals surface area contributed by atoms with Crippen LogP contribution < -0.4 is 5.73 Å². The molecule has 0 bridgehead atoms. The van der Waals surface area contributed by atoms with Crippen LogP contribution in [0.1, 0.15) is 38.5 Å². The Balaban J connectivity index is 1.84. The van der Waals surface area contributed by atoms with Gasteiger partial charge in [-0.25, -0.2) is 0 Å². The molecule has 1 heterocycles. The summed E-state index contributed by atoms with van der Waals surface area (Å²) in [6.45, 7) is 2.53.